The van der Waals surface area contributed by atoms with Gasteiger partial charge in [-0.25, -0.2) is 4.79 Å². The van der Waals surface area contributed by atoms with Crippen molar-refractivity contribution in [1.29, 1.82) is 0 Å². The predicted octanol–water partition coefficient (Wildman–Crippen LogP) is 3.32. The summed E-state index contributed by atoms with van der Waals surface area (Å²) in [6.45, 7) is 1.87. The Morgan fingerprint density at radius 1 is 1.05 bits per heavy atom. The Bertz CT molecular complexity index is 558. The fraction of sp³-hybridized carbons (Fsp3) is 0.235. The van der Waals surface area contributed by atoms with Gasteiger partial charge in [0.05, 0.1) is 6.10 Å². The van der Waals surface area contributed by atoms with E-state index in [-0.39, 0.29) is 12.1 Å². The first-order valence-corrected chi connectivity index (χ1v) is 7.00. The number of urea groups is 1. The lowest BCUT2D eigenvalue weighted by atomic mass is 10.0. The molecule has 2 rings (SSSR count). The van der Waals surface area contributed by atoms with Gasteiger partial charge in [0.2, 0.25) is 0 Å². The minimum atomic E-state index is -0.585. The number of para-hydroxylation sites is 1. The number of benzene rings is 2. The van der Waals surface area contributed by atoms with Crippen molar-refractivity contribution < 1.29 is 9.90 Å². The second kappa shape index (κ2) is 7.45. The zero-order valence-electron chi connectivity index (χ0n) is 12.0. The molecule has 0 aliphatic rings. The average Bonchev–Trinajstić information content (AvgIpc) is 2.48. The maximum Gasteiger partial charge on any atom is 0.319 e. The molecule has 0 aromatic heterocycles. The molecule has 2 amide bonds. The molecule has 2 atom stereocenters. The number of amides is 2. The number of hydrogen-bond donors (Lipinski definition) is 3. The maximum atomic E-state index is 11.8. The van der Waals surface area contributed by atoms with E-state index in [1.165, 1.54) is 0 Å². The lowest BCUT2D eigenvalue weighted by Crippen LogP contribution is -2.37. The molecule has 0 saturated carbocycles. The van der Waals surface area contributed by atoms with Gasteiger partial charge in [0.15, 0.2) is 0 Å². The summed E-state index contributed by atoms with van der Waals surface area (Å²) in [4.78, 5) is 11.8. The predicted molar refractivity (Wildman–Crippen MR) is 84.1 cm³/mol. The first-order chi connectivity index (χ1) is 10.1. The van der Waals surface area contributed by atoms with Crippen LogP contribution in [0.1, 0.15) is 25.0 Å². The largest absolute Gasteiger partial charge is 0.388 e. The van der Waals surface area contributed by atoms with Crippen molar-refractivity contribution in [1.82, 2.24) is 5.32 Å². The van der Waals surface area contributed by atoms with E-state index in [1.807, 2.05) is 67.6 Å². The van der Waals surface area contributed by atoms with Crippen LogP contribution in [-0.2, 0) is 0 Å². The van der Waals surface area contributed by atoms with Crippen molar-refractivity contribution >= 4 is 11.7 Å². The molecule has 110 valence electrons. The Morgan fingerprint density at radius 2 is 1.62 bits per heavy atom. The Kier molecular flexibility index (Phi) is 5.35. The van der Waals surface area contributed by atoms with Crippen molar-refractivity contribution in [2.75, 3.05) is 5.32 Å². The minimum absolute atomic E-state index is 0.135. The van der Waals surface area contributed by atoms with Gasteiger partial charge in [-0.05, 0) is 31.0 Å². The molecule has 0 radical (unpaired) electrons. The third-order valence-electron chi connectivity index (χ3n) is 3.17. The number of carbonyl (C=O) groups is 1. The summed E-state index contributed by atoms with van der Waals surface area (Å²) in [6, 6.07) is 18.3. The smallest absolute Gasteiger partial charge is 0.319 e. The van der Waals surface area contributed by atoms with Crippen LogP contribution in [0.2, 0.25) is 0 Å². The maximum absolute atomic E-state index is 11.8. The SMILES string of the molecule is CC(CC(O)c1ccccc1)NC(=O)Nc1ccccc1. The van der Waals surface area contributed by atoms with Gasteiger partial charge in [0, 0.05) is 11.7 Å². The van der Waals surface area contributed by atoms with E-state index in [0.717, 1.165) is 11.3 Å². The van der Waals surface area contributed by atoms with Crippen molar-refractivity contribution in [3.63, 3.8) is 0 Å². The van der Waals surface area contributed by atoms with Gasteiger partial charge in [-0.3, -0.25) is 0 Å². The van der Waals surface area contributed by atoms with Crippen LogP contribution in [-0.4, -0.2) is 17.2 Å². The normalized spacial score (nSPS) is 13.2. The Labute approximate surface area is 124 Å². The van der Waals surface area contributed by atoms with E-state index in [1.54, 1.807) is 0 Å². The van der Waals surface area contributed by atoms with E-state index in [2.05, 4.69) is 10.6 Å². The van der Waals surface area contributed by atoms with Crippen LogP contribution in [0.4, 0.5) is 10.5 Å². The number of aliphatic hydroxyl groups excluding tert-OH is 1. The molecule has 2 unspecified atom stereocenters. The molecule has 0 saturated heterocycles. The summed E-state index contributed by atoms with van der Waals surface area (Å²) in [5.74, 6) is 0. The quantitative estimate of drug-likeness (QED) is 0.788. The third kappa shape index (κ3) is 4.93. The lowest BCUT2D eigenvalue weighted by Gasteiger charge is -2.18. The fourth-order valence-electron chi connectivity index (χ4n) is 2.12. The van der Waals surface area contributed by atoms with Gasteiger partial charge in [0.1, 0.15) is 0 Å². The average molecular weight is 284 g/mol. The molecule has 2 aromatic carbocycles. The van der Waals surface area contributed by atoms with E-state index in [4.69, 9.17) is 0 Å². The Balaban J connectivity index is 1.81. The molecule has 2 aromatic rings. The number of rotatable bonds is 5. The van der Waals surface area contributed by atoms with Crippen molar-refractivity contribution in [2.24, 2.45) is 0 Å². The van der Waals surface area contributed by atoms with E-state index < -0.39 is 6.10 Å². The summed E-state index contributed by atoms with van der Waals surface area (Å²) in [5, 5.41) is 15.7. The molecule has 4 heteroatoms. The molecule has 0 aliphatic heterocycles. The van der Waals surface area contributed by atoms with Crippen LogP contribution in [0.25, 0.3) is 0 Å². The Morgan fingerprint density at radius 3 is 2.24 bits per heavy atom. The van der Waals surface area contributed by atoms with Crippen molar-refractivity contribution in [3.05, 3.63) is 66.2 Å². The zero-order valence-corrected chi connectivity index (χ0v) is 12.0. The van der Waals surface area contributed by atoms with Gasteiger partial charge in [0.25, 0.3) is 0 Å². The first-order valence-electron chi connectivity index (χ1n) is 7.00. The molecule has 0 aliphatic carbocycles. The van der Waals surface area contributed by atoms with Crippen molar-refractivity contribution in [2.45, 2.75) is 25.5 Å². The molecular formula is C17H20N2O2. The first kappa shape index (κ1) is 15.1. The second-order valence-electron chi connectivity index (χ2n) is 5.03. The topological polar surface area (TPSA) is 61.4 Å². The number of nitrogens with one attached hydrogen (secondary N) is 2. The molecule has 0 fully saturated rings. The monoisotopic (exact) mass is 284 g/mol. The van der Waals surface area contributed by atoms with Crippen LogP contribution >= 0.6 is 0 Å². The lowest BCUT2D eigenvalue weighted by molar-refractivity contribution is 0.155. The van der Waals surface area contributed by atoms with E-state index >= 15 is 0 Å². The fourth-order valence-corrected chi connectivity index (χ4v) is 2.12. The number of carbonyl (C=O) groups excluding carboxylic acids is 1. The number of aliphatic hydroxyl groups is 1. The molecule has 0 bridgehead atoms. The van der Waals surface area contributed by atoms with Gasteiger partial charge >= 0.3 is 6.03 Å². The zero-order chi connectivity index (χ0) is 15.1. The summed E-state index contributed by atoms with van der Waals surface area (Å²) in [6.07, 6.45) is -0.120. The standard InChI is InChI=1S/C17H20N2O2/c1-13(12-16(20)14-8-4-2-5-9-14)18-17(21)19-15-10-6-3-7-11-15/h2-11,13,16,20H,12H2,1H3,(H2,18,19,21). The van der Waals surface area contributed by atoms with Crippen molar-refractivity contribution in [3.8, 4) is 0 Å². The van der Waals surface area contributed by atoms with E-state index in [9.17, 15) is 9.90 Å². The summed E-state index contributed by atoms with van der Waals surface area (Å²) >= 11 is 0. The van der Waals surface area contributed by atoms with E-state index in [0.29, 0.717) is 6.42 Å². The molecule has 4 nitrogen and oxygen atoms in total. The van der Waals surface area contributed by atoms with Gasteiger partial charge < -0.3 is 15.7 Å². The van der Waals surface area contributed by atoms with Crippen LogP contribution in [0.3, 0.4) is 0 Å². The highest BCUT2D eigenvalue weighted by Gasteiger charge is 2.14. The molecular weight excluding hydrogens is 264 g/mol. The molecule has 0 heterocycles. The molecule has 0 spiro atoms. The van der Waals surface area contributed by atoms with Gasteiger partial charge in [-0.15, -0.1) is 0 Å². The second-order valence-corrected chi connectivity index (χ2v) is 5.03. The van der Waals surface area contributed by atoms with Crippen LogP contribution in [0, 0.1) is 0 Å². The van der Waals surface area contributed by atoms with Crippen LogP contribution in [0.15, 0.2) is 60.7 Å². The summed E-state index contributed by atoms with van der Waals surface area (Å²) < 4.78 is 0. The van der Waals surface area contributed by atoms with Gasteiger partial charge in [-0.2, -0.15) is 0 Å². The number of anilines is 1. The minimum Gasteiger partial charge on any atom is -0.388 e. The summed E-state index contributed by atoms with van der Waals surface area (Å²) in [7, 11) is 0. The highest BCUT2D eigenvalue weighted by Crippen LogP contribution is 2.17. The van der Waals surface area contributed by atoms with Crippen LogP contribution in [0.5, 0.6) is 0 Å². The summed E-state index contributed by atoms with van der Waals surface area (Å²) in [5.41, 5.74) is 1.60. The third-order valence-corrected chi connectivity index (χ3v) is 3.17. The Hall–Kier alpha value is -2.33. The molecule has 21 heavy (non-hydrogen) atoms. The van der Waals surface area contributed by atoms with Gasteiger partial charge in [-0.1, -0.05) is 48.5 Å². The number of hydrogen-bond acceptors (Lipinski definition) is 2. The highest BCUT2D eigenvalue weighted by molar-refractivity contribution is 5.89. The highest BCUT2D eigenvalue weighted by atomic mass is 16.3. The molecule has 3 N–H and O–H groups in total. The van der Waals surface area contributed by atoms with Crippen LogP contribution < -0.4 is 10.6 Å².